The zero-order valence-electron chi connectivity index (χ0n) is 18.2. The summed E-state index contributed by atoms with van der Waals surface area (Å²) in [5.41, 5.74) is 0. The summed E-state index contributed by atoms with van der Waals surface area (Å²) in [5, 5.41) is 6.94. The summed E-state index contributed by atoms with van der Waals surface area (Å²) in [6.45, 7) is 9.84. The van der Waals surface area contributed by atoms with E-state index in [1.807, 2.05) is 18.4 Å². The molecule has 1 unspecified atom stereocenters. The third kappa shape index (κ3) is 8.58. The molecule has 2 aliphatic rings. The summed E-state index contributed by atoms with van der Waals surface area (Å²) in [6.07, 6.45) is 3.36. The van der Waals surface area contributed by atoms with E-state index in [2.05, 4.69) is 39.6 Å². The van der Waals surface area contributed by atoms with Crippen molar-refractivity contribution in [2.24, 2.45) is 4.99 Å². The fraction of sp³-hybridized carbons (Fsp3) is 0.762. The van der Waals surface area contributed by atoms with Gasteiger partial charge in [0, 0.05) is 62.8 Å². The Morgan fingerprint density at radius 2 is 1.93 bits per heavy atom. The van der Waals surface area contributed by atoms with E-state index in [4.69, 9.17) is 14.2 Å². The number of hydrogen-bond donors (Lipinski definition) is 2. The van der Waals surface area contributed by atoms with Gasteiger partial charge < -0.3 is 24.8 Å². The molecule has 2 N–H and O–H groups in total. The van der Waals surface area contributed by atoms with E-state index in [1.54, 1.807) is 0 Å². The van der Waals surface area contributed by atoms with Crippen LogP contribution < -0.4 is 10.6 Å². The van der Waals surface area contributed by atoms with E-state index in [0.29, 0.717) is 12.1 Å². The lowest BCUT2D eigenvalue weighted by Crippen LogP contribution is -2.46. The van der Waals surface area contributed by atoms with E-state index in [9.17, 15) is 0 Å². The average Bonchev–Trinajstić information content (AvgIpc) is 3.19. The van der Waals surface area contributed by atoms with Gasteiger partial charge in [0.05, 0.1) is 25.4 Å². The molecule has 0 bridgehead atoms. The molecule has 0 aliphatic carbocycles. The lowest BCUT2D eigenvalue weighted by Gasteiger charge is -2.34. The second-order valence-electron chi connectivity index (χ2n) is 7.53. The summed E-state index contributed by atoms with van der Waals surface area (Å²) in [6, 6.07) is 4.80. The molecule has 7 nitrogen and oxygen atoms in total. The van der Waals surface area contributed by atoms with Crippen LogP contribution >= 0.6 is 35.3 Å². The number of hydrogen-bond acceptors (Lipinski definition) is 6. The second-order valence-corrected chi connectivity index (χ2v) is 8.85. The first-order valence-corrected chi connectivity index (χ1v) is 11.6. The molecule has 1 atom stereocenters. The standard InChI is InChI=1S/C21H36N4O3S.HI/c1-17-4-5-20(29-17)19(25-9-14-27-15-10-25)16-24-21(22-2)23-8-3-11-28-18-6-12-26-13-7-18;/h4-5,18-19H,3,6-16H2,1-2H3,(H2,22,23,24);1H. The molecule has 2 aliphatic heterocycles. The normalized spacial score (nSPS) is 19.9. The first kappa shape index (κ1) is 25.8. The van der Waals surface area contributed by atoms with Crippen LogP contribution in [0, 0.1) is 6.92 Å². The highest BCUT2D eigenvalue weighted by molar-refractivity contribution is 14.0. The molecule has 1 aromatic heterocycles. The number of aliphatic imine (C=N–C) groups is 1. The monoisotopic (exact) mass is 552 g/mol. The predicted octanol–water partition coefficient (Wildman–Crippen LogP) is 2.80. The molecular formula is C21H37IN4O3S. The minimum atomic E-state index is 0. The van der Waals surface area contributed by atoms with Crippen molar-refractivity contribution in [2.75, 3.05) is 66.3 Å². The summed E-state index contributed by atoms with van der Waals surface area (Å²) >= 11 is 1.88. The number of nitrogens with one attached hydrogen (secondary N) is 2. The Kier molecular flexibility index (Phi) is 12.5. The number of ether oxygens (including phenoxy) is 3. The molecule has 172 valence electrons. The predicted molar refractivity (Wildman–Crippen MR) is 133 cm³/mol. The fourth-order valence-corrected chi connectivity index (χ4v) is 4.73. The molecule has 2 saturated heterocycles. The molecule has 0 saturated carbocycles. The van der Waals surface area contributed by atoms with Gasteiger partial charge in [0.25, 0.3) is 0 Å². The van der Waals surface area contributed by atoms with Crippen LogP contribution in [0.1, 0.15) is 35.1 Å². The van der Waals surface area contributed by atoms with Crippen LogP contribution in [0.2, 0.25) is 0 Å². The fourth-order valence-electron chi connectivity index (χ4n) is 3.72. The van der Waals surface area contributed by atoms with Crippen LogP contribution in [-0.2, 0) is 14.2 Å². The number of aryl methyl sites for hydroxylation is 1. The molecule has 2 fully saturated rings. The smallest absolute Gasteiger partial charge is 0.191 e. The first-order chi connectivity index (χ1) is 14.3. The number of nitrogens with zero attached hydrogens (tertiary/aromatic N) is 2. The Hall–Kier alpha value is -0.460. The maximum absolute atomic E-state index is 5.94. The number of morpholine rings is 1. The third-order valence-corrected chi connectivity index (χ3v) is 6.50. The van der Waals surface area contributed by atoms with Crippen LogP contribution in [0.3, 0.4) is 0 Å². The molecule has 0 amide bonds. The van der Waals surface area contributed by atoms with Gasteiger partial charge in [-0.25, -0.2) is 0 Å². The zero-order valence-corrected chi connectivity index (χ0v) is 21.4. The van der Waals surface area contributed by atoms with Crippen LogP contribution in [0.5, 0.6) is 0 Å². The molecule has 1 aromatic rings. The van der Waals surface area contributed by atoms with Crippen molar-refractivity contribution >= 4 is 41.3 Å². The van der Waals surface area contributed by atoms with Crippen molar-refractivity contribution in [2.45, 2.75) is 38.3 Å². The molecular weight excluding hydrogens is 515 g/mol. The minimum absolute atomic E-state index is 0. The lowest BCUT2D eigenvalue weighted by atomic mass is 10.1. The summed E-state index contributed by atoms with van der Waals surface area (Å²) in [7, 11) is 1.83. The highest BCUT2D eigenvalue weighted by Gasteiger charge is 2.24. The van der Waals surface area contributed by atoms with Crippen molar-refractivity contribution in [3.63, 3.8) is 0 Å². The van der Waals surface area contributed by atoms with Gasteiger partial charge in [0.2, 0.25) is 0 Å². The molecule has 30 heavy (non-hydrogen) atoms. The average molecular weight is 553 g/mol. The van der Waals surface area contributed by atoms with E-state index in [-0.39, 0.29) is 24.0 Å². The molecule has 0 aromatic carbocycles. The Morgan fingerprint density at radius 1 is 1.20 bits per heavy atom. The van der Waals surface area contributed by atoms with Gasteiger partial charge in [-0.3, -0.25) is 9.89 Å². The largest absolute Gasteiger partial charge is 0.381 e. The van der Waals surface area contributed by atoms with E-state index >= 15 is 0 Å². The van der Waals surface area contributed by atoms with E-state index in [0.717, 1.165) is 84.4 Å². The maximum atomic E-state index is 5.94. The van der Waals surface area contributed by atoms with Gasteiger partial charge in [-0.2, -0.15) is 0 Å². The minimum Gasteiger partial charge on any atom is -0.381 e. The van der Waals surface area contributed by atoms with Gasteiger partial charge in [-0.05, 0) is 38.3 Å². The van der Waals surface area contributed by atoms with Crippen molar-refractivity contribution in [1.29, 1.82) is 0 Å². The number of thiophene rings is 1. The number of guanidine groups is 1. The van der Waals surface area contributed by atoms with Gasteiger partial charge in [-0.15, -0.1) is 35.3 Å². The van der Waals surface area contributed by atoms with Crippen molar-refractivity contribution in [1.82, 2.24) is 15.5 Å². The zero-order chi connectivity index (χ0) is 20.3. The molecule has 9 heteroatoms. The van der Waals surface area contributed by atoms with Crippen LogP contribution in [-0.4, -0.2) is 83.2 Å². The van der Waals surface area contributed by atoms with Crippen molar-refractivity contribution in [3.8, 4) is 0 Å². The maximum Gasteiger partial charge on any atom is 0.191 e. The van der Waals surface area contributed by atoms with E-state index in [1.165, 1.54) is 9.75 Å². The van der Waals surface area contributed by atoms with Gasteiger partial charge in [-0.1, -0.05) is 0 Å². The van der Waals surface area contributed by atoms with Gasteiger partial charge in [0.15, 0.2) is 5.96 Å². The summed E-state index contributed by atoms with van der Waals surface area (Å²) < 4.78 is 16.9. The van der Waals surface area contributed by atoms with Crippen molar-refractivity contribution in [3.05, 3.63) is 21.9 Å². The quantitative estimate of drug-likeness (QED) is 0.213. The highest BCUT2D eigenvalue weighted by Crippen LogP contribution is 2.27. The summed E-state index contributed by atoms with van der Waals surface area (Å²) in [5.74, 6) is 0.850. The van der Waals surface area contributed by atoms with Gasteiger partial charge >= 0.3 is 0 Å². The Labute approximate surface area is 202 Å². The Bertz CT molecular complexity index is 619. The van der Waals surface area contributed by atoms with Gasteiger partial charge in [0.1, 0.15) is 0 Å². The topological polar surface area (TPSA) is 67.4 Å². The second kappa shape index (κ2) is 14.6. The molecule has 0 spiro atoms. The molecule has 3 heterocycles. The highest BCUT2D eigenvalue weighted by atomic mass is 127. The lowest BCUT2D eigenvalue weighted by molar-refractivity contribution is -0.0320. The van der Waals surface area contributed by atoms with Crippen molar-refractivity contribution < 1.29 is 14.2 Å². The molecule has 0 radical (unpaired) electrons. The first-order valence-electron chi connectivity index (χ1n) is 10.8. The van der Waals surface area contributed by atoms with Crippen LogP contribution in [0.15, 0.2) is 17.1 Å². The van der Waals surface area contributed by atoms with E-state index < -0.39 is 0 Å². The Morgan fingerprint density at radius 3 is 2.60 bits per heavy atom. The Balaban J connectivity index is 0.00000320. The SMILES string of the molecule is CN=C(NCCCOC1CCOCC1)NCC(c1ccc(C)s1)N1CCOCC1.I. The molecule has 3 rings (SSSR count). The summed E-state index contributed by atoms with van der Waals surface area (Å²) in [4.78, 5) is 9.65. The van der Waals surface area contributed by atoms with Crippen LogP contribution in [0.25, 0.3) is 0 Å². The van der Waals surface area contributed by atoms with Crippen LogP contribution in [0.4, 0.5) is 0 Å². The number of halogens is 1. The third-order valence-electron chi connectivity index (χ3n) is 5.40. The number of rotatable bonds is 9.